The smallest absolute Gasteiger partial charge is 0.264 e. The van der Waals surface area contributed by atoms with E-state index >= 15 is 0 Å². The first-order valence-electron chi connectivity index (χ1n) is 7.37. The minimum atomic E-state index is -3.53. The molecule has 0 aromatic carbocycles. The lowest BCUT2D eigenvalue weighted by Crippen LogP contribution is -2.28. The van der Waals surface area contributed by atoms with Gasteiger partial charge in [0.1, 0.15) is 11.5 Å². The number of aryl methyl sites for hydroxylation is 2. The minimum absolute atomic E-state index is 0.0883. The van der Waals surface area contributed by atoms with Crippen LogP contribution < -0.4 is 10.9 Å². The van der Waals surface area contributed by atoms with Crippen molar-refractivity contribution in [3.05, 3.63) is 45.3 Å². The zero-order valence-corrected chi connectivity index (χ0v) is 14.9. The fourth-order valence-corrected chi connectivity index (χ4v) is 2.63. The molecule has 0 radical (unpaired) electrons. The first-order chi connectivity index (χ1) is 11.2. The van der Waals surface area contributed by atoms with E-state index in [0.717, 1.165) is 17.8 Å². The number of anilines is 1. The Morgan fingerprint density at radius 2 is 2.04 bits per heavy atom. The summed E-state index contributed by atoms with van der Waals surface area (Å²) in [5.74, 6) is 1.97. The Morgan fingerprint density at radius 3 is 2.62 bits per heavy atom. The van der Waals surface area contributed by atoms with E-state index in [2.05, 4.69) is 14.5 Å². The van der Waals surface area contributed by atoms with Gasteiger partial charge < -0.3 is 9.73 Å². The number of nitrogens with one attached hydrogen (secondary N) is 1. The number of nitrogens with zero attached hydrogens (tertiary/aromatic N) is 2. The molecule has 0 saturated heterocycles. The van der Waals surface area contributed by atoms with Crippen molar-refractivity contribution in [3.63, 3.8) is 0 Å². The van der Waals surface area contributed by atoms with Crippen molar-refractivity contribution in [2.45, 2.75) is 26.8 Å². The van der Waals surface area contributed by atoms with Gasteiger partial charge in [-0.25, -0.2) is 4.98 Å². The molecule has 2 rings (SSSR count). The third-order valence-electron chi connectivity index (χ3n) is 3.46. The molecule has 0 atom stereocenters. The monoisotopic (exact) mass is 355 g/mol. The molecule has 0 bridgehead atoms. The van der Waals surface area contributed by atoms with E-state index in [1.807, 2.05) is 19.1 Å². The van der Waals surface area contributed by atoms with Gasteiger partial charge in [-0.1, -0.05) is 0 Å². The van der Waals surface area contributed by atoms with Crippen LogP contribution in [0.2, 0.25) is 0 Å². The molecule has 132 valence electrons. The number of rotatable bonds is 7. The van der Waals surface area contributed by atoms with E-state index in [1.54, 1.807) is 14.0 Å². The van der Waals surface area contributed by atoms with Crippen molar-refractivity contribution in [2.75, 3.05) is 18.2 Å². The maximum absolute atomic E-state index is 12.4. The van der Waals surface area contributed by atoms with Gasteiger partial charge in [0.15, 0.2) is 0 Å². The van der Waals surface area contributed by atoms with Crippen LogP contribution >= 0.6 is 0 Å². The third-order valence-corrected chi connectivity index (χ3v) is 4.05. The highest BCUT2D eigenvalue weighted by Gasteiger charge is 2.13. The van der Waals surface area contributed by atoms with E-state index in [1.165, 1.54) is 4.57 Å². The minimum Gasteiger partial charge on any atom is -0.465 e. The van der Waals surface area contributed by atoms with Gasteiger partial charge in [0.25, 0.3) is 15.7 Å². The first-order valence-corrected chi connectivity index (χ1v) is 9.19. The van der Waals surface area contributed by atoms with Crippen LogP contribution in [0.4, 0.5) is 5.95 Å². The SMILES string of the molecule is Cc1ccc(CNc2nc(C)c(CCOS(C)(=O)=O)c(=O)n2C)o1. The van der Waals surface area contributed by atoms with Crippen molar-refractivity contribution in [1.29, 1.82) is 0 Å². The van der Waals surface area contributed by atoms with E-state index in [4.69, 9.17) is 4.42 Å². The molecule has 0 aliphatic rings. The summed E-state index contributed by atoms with van der Waals surface area (Å²) in [6.07, 6.45) is 1.15. The van der Waals surface area contributed by atoms with Gasteiger partial charge in [-0.3, -0.25) is 13.5 Å². The predicted octanol–water partition coefficient (Wildman–Crippen LogP) is 1.12. The second-order valence-corrected chi connectivity index (χ2v) is 7.15. The molecule has 0 saturated carbocycles. The quantitative estimate of drug-likeness (QED) is 0.742. The highest BCUT2D eigenvalue weighted by molar-refractivity contribution is 7.85. The van der Waals surface area contributed by atoms with E-state index in [0.29, 0.717) is 23.8 Å². The van der Waals surface area contributed by atoms with Gasteiger partial charge in [0.2, 0.25) is 5.95 Å². The molecule has 9 heteroatoms. The number of furan rings is 1. The third kappa shape index (κ3) is 4.68. The second-order valence-electron chi connectivity index (χ2n) is 5.51. The van der Waals surface area contributed by atoms with E-state index in [9.17, 15) is 13.2 Å². The lowest BCUT2D eigenvalue weighted by atomic mass is 10.2. The average Bonchev–Trinajstić information content (AvgIpc) is 2.89. The van der Waals surface area contributed by atoms with Crippen LogP contribution in [0.1, 0.15) is 22.8 Å². The fraction of sp³-hybridized carbons (Fsp3) is 0.467. The summed E-state index contributed by atoms with van der Waals surface area (Å²) in [6, 6.07) is 3.71. The molecule has 0 unspecified atom stereocenters. The van der Waals surface area contributed by atoms with Crippen LogP contribution in [0.25, 0.3) is 0 Å². The molecular weight excluding hydrogens is 334 g/mol. The molecule has 0 amide bonds. The zero-order chi connectivity index (χ0) is 17.9. The maximum atomic E-state index is 12.4. The highest BCUT2D eigenvalue weighted by Crippen LogP contribution is 2.11. The summed E-state index contributed by atoms with van der Waals surface area (Å²) in [6.45, 7) is 3.88. The summed E-state index contributed by atoms with van der Waals surface area (Å²) in [7, 11) is -1.92. The molecule has 2 heterocycles. The Balaban J connectivity index is 2.13. The maximum Gasteiger partial charge on any atom is 0.264 e. The average molecular weight is 355 g/mol. The van der Waals surface area contributed by atoms with Gasteiger partial charge in [-0.05, 0) is 26.0 Å². The van der Waals surface area contributed by atoms with Crippen molar-refractivity contribution in [3.8, 4) is 0 Å². The predicted molar refractivity (Wildman–Crippen MR) is 89.5 cm³/mol. The van der Waals surface area contributed by atoms with Crippen LogP contribution in [0.15, 0.2) is 21.3 Å². The van der Waals surface area contributed by atoms with Crippen LogP contribution in [-0.4, -0.2) is 30.8 Å². The molecule has 0 spiro atoms. The molecule has 8 nitrogen and oxygen atoms in total. The normalized spacial score (nSPS) is 11.7. The Morgan fingerprint density at radius 1 is 1.33 bits per heavy atom. The van der Waals surface area contributed by atoms with Crippen molar-refractivity contribution in [2.24, 2.45) is 7.05 Å². The molecule has 24 heavy (non-hydrogen) atoms. The molecule has 1 N–H and O–H groups in total. The first kappa shape index (κ1) is 18.2. The van der Waals surface area contributed by atoms with Crippen molar-refractivity contribution in [1.82, 2.24) is 9.55 Å². The summed E-state index contributed by atoms with van der Waals surface area (Å²) in [4.78, 5) is 16.8. The molecule has 2 aromatic heterocycles. The lowest BCUT2D eigenvalue weighted by molar-refractivity contribution is 0.324. The number of hydrogen-bond donors (Lipinski definition) is 1. The van der Waals surface area contributed by atoms with Gasteiger partial charge in [0, 0.05) is 19.0 Å². The Hall–Kier alpha value is -2.13. The zero-order valence-electron chi connectivity index (χ0n) is 14.1. The largest absolute Gasteiger partial charge is 0.465 e. The summed E-state index contributed by atoms with van der Waals surface area (Å²) in [5.41, 5.74) is 0.728. The molecule has 2 aromatic rings. The highest BCUT2D eigenvalue weighted by atomic mass is 32.2. The summed E-state index contributed by atoms with van der Waals surface area (Å²) >= 11 is 0. The molecule has 0 aliphatic carbocycles. The van der Waals surface area contributed by atoms with E-state index in [-0.39, 0.29) is 18.6 Å². The standard InChI is InChI=1S/C15H21N3O5S/c1-10-5-6-12(23-10)9-16-15-17-11(2)13(14(19)18(15)3)7-8-22-24(4,20)21/h5-6H,7-9H2,1-4H3,(H,16,17). The molecular formula is C15H21N3O5S. The summed E-state index contributed by atoms with van der Waals surface area (Å²) < 4.78 is 33.5. The van der Waals surface area contributed by atoms with Gasteiger partial charge in [0.05, 0.1) is 25.1 Å². The topological polar surface area (TPSA) is 103 Å². The summed E-state index contributed by atoms with van der Waals surface area (Å²) in [5, 5.41) is 3.06. The molecule has 0 fully saturated rings. The Bertz CT molecular complexity index is 883. The fourth-order valence-electron chi connectivity index (χ4n) is 2.24. The van der Waals surface area contributed by atoms with Crippen LogP contribution in [0.5, 0.6) is 0 Å². The Kier molecular flexibility index (Phi) is 5.45. The second kappa shape index (κ2) is 7.18. The van der Waals surface area contributed by atoms with Crippen LogP contribution in [0, 0.1) is 13.8 Å². The number of aromatic nitrogens is 2. The van der Waals surface area contributed by atoms with Gasteiger partial charge in [-0.2, -0.15) is 8.42 Å². The van der Waals surface area contributed by atoms with E-state index < -0.39 is 10.1 Å². The van der Waals surface area contributed by atoms with Gasteiger partial charge >= 0.3 is 0 Å². The Labute approximate surface area is 140 Å². The van der Waals surface area contributed by atoms with Crippen LogP contribution in [-0.2, 0) is 34.3 Å². The van der Waals surface area contributed by atoms with Crippen molar-refractivity contribution >= 4 is 16.1 Å². The lowest BCUT2D eigenvalue weighted by Gasteiger charge is -2.13. The van der Waals surface area contributed by atoms with Crippen LogP contribution in [0.3, 0.4) is 0 Å². The van der Waals surface area contributed by atoms with Gasteiger partial charge in [-0.15, -0.1) is 0 Å². The number of hydrogen-bond acceptors (Lipinski definition) is 7. The van der Waals surface area contributed by atoms with Crippen molar-refractivity contribution < 1.29 is 17.0 Å². The molecule has 0 aliphatic heterocycles.